The molecule has 20 heavy (non-hydrogen) atoms. The molecule has 0 radical (unpaired) electrons. The molecule has 5 heteroatoms. The average molecular weight is 270 g/mol. The second kappa shape index (κ2) is 5.17. The highest BCUT2D eigenvalue weighted by Crippen LogP contribution is 2.18. The number of aromatic nitrogens is 3. The van der Waals surface area contributed by atoms with E-state index in [4.69, 9.17) is 0 Å². The maximum absolute atomic E-state index is 12.4. The highest BCUT2D eigenvalue weighted by atomic mass is 16.1. The molecule has 2 aromatic rings. The number of benzene rings is 1. The van der Waals surface area contributed by atoms with Crippen LogP contribution in [0.3, 0.4) is 0 Å². The van der Waals surface area contributed by atoms with Crippen molar-refractivity contribution in [2.24, 2.45) is 0 Å². The van der Waals surface area contributed by atoms with Crippen LogP contribution in [0.2, 0.25) is 0 Å². The van der Waals surface area contributed by atoms with Crippen LogP contribution in [-0.2, 0) is 19.5 Å². The van der Waals surface area contributed by atoms with Gasteiger partial charge in [-0.15, -0.1) is 0 Å². The molecule has 0 amide bonds. The number of fused-ring (bicyclic) bond motifs is 1. The molecule has 3 rings (SSSR count). The summed E-state index contributed by atoms with van der Waals surface area (Å²) in [5, 5.41) is 7.45. The molecule has 104 valence electrons. The fourth-order valence-electron chi connectivity index (χ4n) is 2.55. The van der Waals surface area contributed by atoms with Crippen LogP contribution < -0.4 is 5.32 Å². The van der Waals surface area contributed by atoms with Crippen molar-refractivity contribution in [2.45, 2.75) is 39.4 Å². The van der Waals surface area contributed by atoms with Crippen LogP contribution in [0.25, 0.3) is 0 Å². The van der Waals surface area contributed by atoms with E-state index in [-0.39, 0.29) is 11.8 Å². The lowest BCUT2D eigenvalue weighted by atomic mass is 10.0. The smallest absolute Gasteiger partial charge is 0.170 e. The molecule has 0 saturated carbocycles. The Morgan fingerprint density at radius 2 is 2.15 bits per heavy atom. The summed E-state index contributed by atoms with van der Waals surface area (Å²) in [5.41, 5.74) is 3.26. The number of carbonyl (C=O) groups excluding carboxylic acids is 1. The van der Waals surface area contributed by atoms with E-state index in [9.17, 15) is 4.79 Å². The number of hydrogen-bond donors (Lipinski definition) is 1. The van der Waals surface area contributed by atoms with Crippen LogP contribution in [0.4, 0.5) is 0 Å². The Morgan fingerprint density at radius 1 is 1.35 bits per heavy atom. The highest BCUT2D eigenvalue weighted by molar-refractivity contribution is 5.97. The van der Waals surface area contributed by atoms with Gasteiger partial charge in [0, 0.05) is 24.7 Å². The van der Waals surface area contributed by atoms with E-state index in [2.05, 4.69) is 15.4 Å². The van der Waals surface area contributed by atoms with Gasteiger partial charge in [-0.3, -0.25) is 4.79 Å². The number of nitrogens with zero attached hydrogens (tertiary/aromatic N) is 3. The minimum Gasteiger partial charge on any atom is -0.309 e. The van der Waals surface area contributed by atoms with Gasteiger partial charge in [-0.05, 0) is 31.0 Å². The zero-order valence-corrected chi connectivity index (χ0v) is 11.8. The summed E-state index contributed by atoms with van der Waals surface area (Å²) in [5.74, 6) is 0.818. The maximum Gasteiger partial charge on any atom is 0.170 e. The quantitative estimate of drug-likeness (QED) is 0.862. The molecule has 1 aliphatic heterocycles. The van der Waals surface area contributed by atoms with E-state index in [0.717, 1.165) is 24.5 Å². The van der Waals surface area contributed by atoms with E-state index in [1.54, 1.807) is 4.68 Å². The normalized spacial score (nSPS) is 13.8. The minimum atomic E-state index is 0.0922. The Hall–Kier alpha value is -2.01. The molecular weight excluding hydrogens is 252 g/mol. The van der Waals surface area contributed by atoms with Gasteiger partial charge in [0.25, 0.3) is 0 Å². The Kier molecular flexibility index (Phi) is 3.36. The molecule has 1 N–H and O–H groups in total. The monoisotopic (exact) mass is 270 g/mol. The molecule has 1 aromatic heterocycles. The van der Waals surface area contributed by atoms with Gasteiger partial charge in [0.05, 0.1) is 6.42 Å². The summed E-state index contributed by atoms with van der Waals surface area (Å²) < 4.78 is 1.80. The number of Topliss-reactive ketones (excluding diaryl/α,β-unsaturated/α-hetero) is 1. The van der Waals surface area contributed by atoms with E-state index >= 15 is 0 Å². The van der Waals surface area contributed by atoms with Gasteiger partial charge in [-0.1, -0.05) is 12.1 Å². The summed E-state index contributed by atoms with van der Waals surface area (Å²) in [6.45, 7) is 5.80. The molecule has 0 fully saturated rings. The van der Waals surface area contributed by atoms with Gasteiger partial charge in [0.15, 0.2) is 5.78 Å². The Balaban J connectivity index is 1.81. The molecule has 0 bridgehead atoms. The maximum atomic E-state index is 12.4. The zero-order chi connectivity index (χ0) is 14.1. The van der Waals surface area contributed by atoms with Crippen molar-refractivity contribution in [1.82, 2.24) is 20.1 Å². The van der Waals surface area contributed by atoms with Crippen molar-refractivity contribution in [2.75, 3.05) is 0 Å². The zero-order valence-electron chi connectivity index (χ0n) is 11.8. The Bertz CT molecular complexity index is 645. The first kappa shape index (κ1) is 13.0. The largest absolute Gasteiger partial charge is 0.309 e. The van der Waals surface area contributed by atoms with Gasteiger partial charge < -0.3 is 5.32 Å². The molecule has 0 unspecified atom stereocenters. The standard InChI is InChI=1S/C15H18N4O/c1-10(2)19-15(17-9-18-19)6-14(20)11-3-4-12-7-16-8-13(12)5-11/h3-5,9-10,16H,6-8H2,1-2H3. The molecule has 0 spiro atoms. The van der Waals surface area contributed by atoms with E-state index in [1.165, 1.54) is 17.5 Å². The first-order valence-corrected chi connectivity index (χ1v) is 6.89. The van der Waals surface area contributed by atoms with Crippen molar-refractivity contribution in [3.63, 3.8) is 0 Å². The lowest BCUT2D eigenvalue weighted by molar-refractivity contribution is 0.0989. The summed E-state index contributed by atoms with van der Waals surface area (Å²) >= 11 is 0. The molecular formula is C15H18N4O. The molecule has 0 saturated heterocycles. The van der Waals surface area contributed by atoms with Crippen LogP contribution in [-0.4, -0.2) is 20.5 Å². The fraction of sp³-hybridized carbons (Fsp3) is 0.400. The highest BCUT2D eigenvalue weighted by Gasteiger charge is 2.16. The number of ketones is 1. The molecule has 0 aliphatic carbocycles. The first-order chi connectivity index (χ1) is 9.65. The lowest BCUT2D eigenvalue weighted by Crippen LogP contribution is -2.13. The van der Waals surface area contributed by atoms with Crippen molar-refractivity contribution < 1.29 is 4.79 Å². The van der Waals surface area contributed by atoms with Gasteiger partial charge in [0.1, 0.15) is 12.2 Å². The van der Waals surface area contributed by atoms with Crippen LogP contribution in [0, 0.1) is 0 Å². The second-order valence-electron chi connectivity index (χ2n) is 5.40. The third-order valence-electron chi connectivity index (χ3n) is 3.61. The van der Waals surface area contributed by atoms with Crippen LogP contribution in [0.1, 0.15) is 47.2 Å². The summed E-state index contributed by atoms with van der Waals surface area (Å²) in [7, 11) is 0. The lowest BCUT2D eigenvalue weighted by Gasteiger charge is -2.09. The van der Waals surface area contributed by atoms with Crippen molar-refractivity contribution in [3.05, 3.63) is 47.0 Å². The Morgan fingerprint density at radius 3 is 2.95 bits per heavy atom. The fourth-order valence-corrected chi connectivity index (χ4v) is 2.55. The van der Waals surface area contributed by atoms with Gasteiger partial charge >= 0.3 is 0 Å². The average Bonchev–Trinajstić information content (AvgIpc) is 3.05. The van der Waals surface area contributed by atoms with Gasteiger partial charge in [-0.2, -0.15) is 5.10 Å². The van der Waals surface area contributed by atoms with Crippen molar-refractivity contribution >= 4 is 5.78 Å². The summed E-state index contributed by atoms with van der Waals surface area (Å²) in [6, 6.07) is 6.15. The number of carbonyl (C=O) groups is 1. The summed E-state index contributed by atoms with van der Waals surface area (Å²) in [4.78, 5) is 16.6. The Labute approximate surface area is 118 Å². The van der Waals surface area contributed by atoms with Gasteiger partial charge in [0.2, 0.25) is 0 Å². The van der Waals surface area contributed by atoms with Crippen molar-refractivity contribution in [3.8, 4) is 0 Å². The molecule has 1 aliphatic rings. The molecule has 2 heterocycles. The minimum absolute atomic E-state index is 0.0922. The topological polar surface area (TPSA) is 59.8 Å². The molecule has 0 atom stereocenters. The van der Waals surface area contributed by atoms with Gasteiger partial charge in [-0.25, -0.2) is 9.67 Å². The summed E-state index contributed by atoms with van der Waals surface area (Å²) in [6.07, 6.45) is 1.81. The number of rotatable bonds is 4. The van der Waals surface area contributed by atoms with E-state index < -0.39 is 0 Å². The van der Waals surface area contributed by atoms with E-state index in [1.807, 2.05) is 32.0 Å². The second-order valence-corrected chi connectivity index (χ2v) is 5.40. The predicted molar refractivity (Wildman–Crippen MR) is 75.4 cm³/mol. The van der Waals surface area contributed by atoms with Crippen LogP contribution in [0.15, 0.2) is 24.5 Å². The number of hydrogen-bond acceptors (Lipinski definition) is 4. The third-order valence-corrected chi connectivity index (χ3v) is 3.61. The SMILES string of the molecule is CC(C)n1ncnc1CC(=O)c1ccc2c(c1)CNC2. The van der Waals surface area contributed by atoms with Crippen LogP contribution >= 0.6 is 0 Å². The van der Waals surface area contributed by atoms with Crippen LogP contribution in [0.5, 0.6) is 0 Å². The molecule has 1 aromatic carbocycles. The first-order valence-electron chi connectivity index (χ1n) is 6.89. The molecule has 5 nitrogen and oxygen atoms in total. The van der Waals surface area contributed by atoms with Crippen molar-refractivity contribution in [1.29, 1.82) is 0 Å². The van der Waals surface area contributed by atoms with E-state index in [0.29, 0.717) is 6.42 Å². The third kappa shape index (κ3) is 2.36. The predicted octanol–water partition coefficient (Wildman–Crippen LogP) is 1.89. The number of nitrogens with one attached hydrogen (secondary N) is 1.